The molecule has 1 amide bonds. The lowest BCUT2D eigenvalue weighted by Gasteiger charge is -2.47. The van der Waals surface area contributed by atoms with Gasteiger partial charge in [-0.2, -0.15) is 0 Å². The van der Waals surface area contributed by atoms with E-state index in [2.05, 4.69) is 12.5 Å². The van der Waals surface area contributed by atoms with Crippen molar-refractivity contribution in [2.45, 2.75) is 12.6 Å². The van der Waals surface area contributed by atoms with Crippen LogP contribution in [-0.4, -0.2) is 24.4 Å². The fourth-order valence-electron chi connectivity index (χ4n) is 3.85. The van der Waals surface area contributed by atoms with Crippen LogP contribution < -0.4 is 4.90 Å². The van der Waals surface area contributed by atoms with Crippen molar-refractivity contribution in [3.63, 3.8) is 0 Å². The molecule has 0 aliphatic carbocycles. The van der Waals surface area contributed by atoms with Gasteiger partial charge in [-0.3, -0.25) is 4.79 Å². The molecule has 0 saturated carbocycles. The van der Waals surface area contributed by atoms with Crippen molar-refractivity contribution < 1.29 is 9.53 Å². The lowest BCUT2D eigenvalue weighted by molar-refractivity contribution is -0.128. The largest absolute Gasteiger partial charge is 0.464 e. The smallest absolute Gasteiger partial charge is 0.246 e. The van der Waals surface area contributed by atoms with Crippen LogP contribution in [0.25, 0.3) is 0 Å². The lowest BCUT2D eigenvalue weighted by atomic mass is 9.88. The first-order valence-electron chi connectivity index (χ1n) is 8.74. The number of ether oxygens (including phenoxy) is 1. The van der Waals surface area contributed by atoms with E-state index in [1.54, 1.807) is 11.9 Å². The summed E-state index contributed by atoms with van der Waals surface area (Å²) < 4.78 is 6.52. The van der Waals surface area contributed by atoms with Crippen molar-refractivity contribution in [1.82, 2.24) is 4.90 Å². The van der Waals surface area contributed by atoms with Crippen LogP contribution in [0.4, 0.5) is 5.69 Å². The molecule has 1 unspecified atom stereocenters. The Kier molecular flexibility index (Phi) is 3.82. The molecule has 134 valence electrons. The molecule has 0 aromatic heterocycles. The minimum absolute atomic E-state index is 0.0415. The highest BCUT2D eigenvalue weighted by Crippen LogP contribution is 2.48. The number of rotatable bonds is 1. The third-order valence-electron chi connectivity index (χ3n) is 5.13. The second-order valence-electron chi connectivity index (χ2n) is 6.77. The van der Waals surface area contributed by atoms with Crippen molar-refractivity contribution in [3.8, 4) is 12.3 Å². The van der Waals surface area contributed by atoms with Crippen molar-refractivity contribution in [1.29, 1.82) is 0 Å². The van der Waals surface area contributed by atoms with E-state index in [-0.39, 0.29) is 12.5 Å². The summed E-state index contributed by atoms with van der Waals surface area (Å²) in [6.45, 7) is 6.24. The molecule has 2 aliphatic rings. The second kappa shape index (κ2) is 6.07. The average Bonchev–Trinajstić information content (AvgIpc) is 2.77. The van der Waals surface area contributed by atoms with Crippen LogP contribution in [0.2, 0.25) is 0 Å². The van der Waals surface area contributed by atoms with Gasteiger partial charge in [0, 0.05) is 29.4 Å². The summed E-state index contributed by atoms with van der Waals surface area (Å²) in [5.74, 6) is 3.38. The summed E-state index contributed by atoms with van der Waals surface area (Å²) in [5.41, 5.74) is 2.95. The molecule has 2 aliphatic heterocycles. The molecule has 2 aromatic rings. The van der Waals surface area contributed by atoms with Crippen LogP contribution >= 0.6 is 0 Å². The molecule has 0 saturated heterocycles. The molecule has 4 rings (SSSR count). The number of nitrogens with zero attached hydrogens (tertiary/aromatic N) is 2. The first-order chi connectivity index (χ1) is 13.0. The van der Waals surface area contributed by atoms with Crippen LogP contribution in [-0.2, 0) is 15.3 Å². The van der Waals surface area contributed by atoms with Gasteiger partial charge in [-0.25, -0.2) is 0 Å². The highest BCUT2D eigenvalue weighted by atomic mass is 16.5. The first-order valence-corrected chi connectivity index (χ1v) is 8.74. The summed E-state index contributed by atoms with van der Waals surface area (Å²) in [6, 6.07) is 15.5. The molecule has 0 spiro atoms. The number of likely N-dealkylation sites (N-methyl/N-ethyl adjacent to an activating group) is 1. The van der Waals surface area contributed by atoms with E-state index >= 15 is 0 Å². The van der Waals surface area contributed by atoms with E-state index in [1.807, 2.05) is 66.4 Å². The minimum atomic E-state index is -1.01. The van der Waals surface area contributed by atoms with Gasteiger partial charge in [0.25, 0.3) is 0 Å². The molecule has 2 heterocycles. The molecule has 0 N–H and O–H groups in total. The Balaban J connectivity index is 2.13. The standard InChI is InChI=1S/C23H20N2O2/c1-5-18-11-12-21-20(14-18)23(19-9-7-6-8-10-19)25(15-22(26)24(21)4)16(2)13-17(3)27-23/h1,6-14H,2,15H2,3-4H3. The number of amides is 1. The van der Waals surface area contributed by atoms with Gasteiger partial charge in [0.1, 0.15) is 6.54 Å². The zero-order valence-electron chi connectivity index (χ0n) is 15.4. The molecule has 4 heteroatoms. The molecular weight excluding hydrogens is 336 g/mol. The zero-order valence-corrected chi connectivity index (χ0v) is 15.4. The number of allylic oxidation sites excluding steroid dienone is 2. The number of carbonyl (C=O) groups is 1. The van der Waals surface area contributed by atoms with Gasteiger partial charge in [-0.1, -0.05) is 42.8 Å². The van der Waals surface area contributed by atoms with Gasteiger partial charge in [0.15, 0.2) is 0 Å². The van der Waals surface area contributed by atoms with Crippen LogP contribution in [0, 0.1) is 12.3 Å². The van der Waals surface area contributed by atoms with E-state index in [1.165, 1.54) is 0 Å². The quantitative estimate of drug-likeness (QED) is 0.732. The Morgan fingerprint density at radius 1 is 1.22 bits per heavy atom. The lowest BCUT2D eigenvalue weighted by Crippen LogP contribution is -2.51. The number of hydrogen-bond acceptors (Lipinski definition) is 3. The number of anilines is 1. The number of terminal acetylenes is 1. The van der Waals surface area contributed by atoms with Crippen LogP contribution in [0.15, 0.2) is 72.6 Å². The summed E-state index contributed by atoms with van der Waals surface area (Å²) >= 11 is 0. The zero-order chi connectivity index (χ0) is 19.2. The van der Waals surface area contributed by atoms with Gasteiger partial charge >= 0.3 is 0 Å². The van der Waals surface area contributed by atoms with E-state index in [4.69, 9.17) is 11.2 Å². The predicted molar refractivity (Wildman–Crippen MR) is 106 cm³/mol. The summed E-state index contributed by atoms with van der Waals surface area (Å²) in [5, 5.41) is 0. The molecule has 4 nitrogen and oxygen atoms in total. The number of benzene rings is 2. The van der Waals surface area contributed by atoms with Gasteiger partial charge in [0.2, 0.25) is 11.6 Å². The molecule has 0 radical (unpaired) electrons. The fraction of sp³-hybridized carbons (Fsp3) is 0.174. The fourth-order valence-corrected chi connectivity index (χ4v) is 3.85. The average molecular weight is 356 g/mol. The summed E-state index contributed by atoms with van der Waals surface area (Å²) in [4.78, 5) is 16.5. The third kappa shape index (κ3) is 2.43. The van der Waals surface area contributed by atoms with Gasteiger partial charge in [0.05, 0.1) is 11.4 Å². The van der Waals surface area contributed by atoms with Gasteiger partial charge < -0.3 is 14.5 Å². The minimum Gasteiger partial charge on any atom is -0.464 e. The summed E-state index contributed by atoms with van der Waals surface area (Å²) in [7, 11) is 1.77. The molecule has 0 bridgehead atoms. The Hall–Kier alpha value is -3.45. The van der Waals surface area contributed by atoms with Crippen LogP contribution in [0.3, 0.4) is 0 Å². The first kappa shape index (κ1) is 17.0. The van der Waals surface area contributed by atoms with Crippen LogP contribution in [0.1, 0.15) is 23.6 Å². The van der Waals surface area contributed by atoms with E-state index in [0.717, 1.165) is 33.8 Å². The number of hydrogen-bond donors (Lipinski definition) is 0. The molecule has 1 atom stereocenters. The van der Waals surface area contributed by atoms with E-state index in [9.17, 15) is 4.79 Å². The van der Waals surface area contributed by atoms with Crippen LogP contribution in [0.5, 0.6) is 0 Å². The number of carbonyl (C=O) groups excluding carboxylic acids is 1. The maximum absolute atomic E-state index is 12.9. The Labute approximate surface area is 159 Å². The topological polar surface area (TPSA) is 32.8 Å². The second-order valence-corrected chi connectivity index (χ2v) is 6.77. The predicted octanol–water partition coefficient (Wildman–Crippen LogP) is 3.60. The highest BCUT2D eigenvalue weighted by Gasteiger charge is 2.50. The van der Waals surface area contributed by atoms with Crippen molar-refractivity contribution >= 4 is 11.6 Å². The maximum atomic E-state index is 12.9. The van der Waals surface area contributed by atoms with E-state index in [0.29, 0.717) is 0 Å². The normalized spacial score (nSPS) is 21.4. The number of fused-ring (bicyclic) bond motifs is 3. The summed E-state index contributed by atoms with van der Waals surface area (Å²) in [6.07, 6.45) is 7.53. The molecule has 2 aromatic carbocycles. The Bertz CT molecular complexity index is 1020. The monoisotopic (exact) mass is 356 g/mol. The van der Waals surface area contributed by atoms with Crippen molar-refractivity contribution in [3.05, 3.63) is 89.3 Å². The molecule has 27 heavy (non-hydrogen) atoms. The van der Waals surface area contributed by atoms with Crippen molar-refractivity contribution in [2.24, 2.45) is 0 Å². The van der Waals surface area contributed by atoms with Gasteiger partial charge in [-0.05, 0) is 31.2 Å². The van der Waals surface area contributed by atoms with E-state index < -0.39 is 5.72 Å². The maximum Gasteiger partial charge on any atom is 0.246 e. The molecular formula is C23H20N2O2. The Morgan fingerprint density at radius 3 is 2.67 bits per heavy atom. The Morgan fingerprint density at radius 2 is 1.96 bits per heavy atom. The third-order valence-corrected chi connectivity index (χ3v) is 5.13. The SMILES string of the molecule is C#Cc1ccc2c(c1)C1(c3ccccc3)OC(C)=CC(=C)N1CC(=O)N2C. The molecule has 0 fully saturated rings. The van der Waals surface area contributed by atoms with Crippen molar-refractivity contribution in [2.75, 3.05) is 18.5 Å². The highest BCUT2D eigenvalue weighted by molar-refractivity contribution is 5.96. The van der Waals surface area contributed by atoms with Gasteiger partial charge in [-0.15, -0.1) is 6.42 Å².